The molecule has 5 nitrogen and oxygen atoms in total. The summed E-state index contributed by atoms with van der Waals surface area (Å²) in [6.07, 6.45) is 2.69. The summed E-state index contributed by atoms with van der Waals surface area (Å²) in [5.41, 5.74) is 2.72. The van der Waals surface area contributed by atoms with Crippen molar-refractivity contribution in [3.8, 4) is 11.5 Å². The largest absolute Gasteiger partial charge is 0.493 e. The number of hydrogen-bond donors (Lipinski definition) is 2. The average molecular weight is 530 g/mol. The van der Waals surface area contributed by atoms with E-state index in [1.54, 1.807) is 14.2 Å². The van der Waals surface area contributed by atoms with Crippen LogP contribution in [0.25, 0.3) is 0 Å². The Hall–Kier alpha value is -2.28. The smallest absolute Gasteiger partial charge is 0.161 e. The molecule has 4 rings (SSSR count). The van der Waals surface area contributed by atoms with Crippen LogP contribution in [-0.2, 0) is 11.3 Å². The molecule has 0 unspecified atom stereocenters. The molecule has 0 heterocycles. The summed E-state index contributed by atoms with van der Waals surface area (Å²) in [4.78, 5) is 0. The molecule has 0 bridgehead atoms. The molecule has 3 aromatic rings. The van der Waals surface area contributed by atoms with Crippen molar-refractivity contribution in [2.24, 2.45) is 5.92 Å². The first-order valence-electron chi connectivity index (χ1n) is 12.2. The Bertz CT molecular complexity index is 1120. The van der Waals surface area contributed by atoms with Crippen LogP contribution in [0.5, 0.6) is 11.5 Å². The van der Waals surface area contributed by atoms with Gasteiger partial charge in [0.2, 0.25) is 0 Å². The van der Waals surface area contributed by atoms with E-state index in [1.165, 1.54) is 6.42 Å². The fourth-order valence-electron chi connectivity index (χ4n) is 4.59. The van der Waals surface area contributed by atoms with Crippen molar-refractivity contribution < 1.29 is 19.3 Å². The SMILES string of the molecule is COc1ccc(COC[C@@H](N[C@H](c2ccc(Cl)cc2)[C@H](O)c2cccc(Cl)c2)C2CCC2)cc1OC. The summed E-state index contributed by atoms with van der Waals surface area (Å²) in [6.45, 7) is 0.971. The Kier molecular flexibility index (Phi) is 9.52. The molecule has 0 saturated heterocycles. The summed E-state index contributed by atoms with van der Waals surface area (Å²) in [7, 11) is 3.25. The van der Waals surface area contributed by atoms with Gasteiger partial charge in [-0.05, 0) is 71.8 Å². The standard InChI is InChI=1S/C29H33Cl2NO4/c1-34-26-14-9-19(15-27(26)35-2)17-36-18-25(20-5-3-6-20)32-28(21-10-12-23(30)13-11-21)29(33)22-7-4-8-24(31)16-22/h4,7-16,20,25,28-29,32-33H,3,5-6,17-18H2,1-2H3/t25-,28-,29-/m1/s1. The first kappa shape index (κ1) is 26.8. The van der Waals surface area contributed by atoms with Gasteiger partial charge >= 0.3 is 0 Å². The van der Waals surface area contributed by atoms with Crippen LogP contribution in [0.4, 0.5) is 0 Å². The van der Waals surface area contributed by atoms with E-state index in [2.05, 4.69) is 5.32 Å². The molecule has 36 heavy (non-hydrogen) atoms. The van der Waals surface area contributed by atoms with Gasteiger partial charge in [-0.3, -0.25) is 0 Å². The molecule has 3 atom stereocenters. The van der Waals surface area contributed by atoms with E-state index in [4.69, 9.17) is 37.4 Å². The van der Waals surface area contributed by atoms with Crippen LogP contribution in [0.1, 0.15) is 48.1 Å². The third-order valence-electron chi connectivity index (χ3n) is 6.86. The molecule has 3 aromatic carbocycles. The highest BCUT2D eigenvalue weighted by molar-refractivity contribution is 6.30. The van der Waals surface area contributed by atoms with Crippen LogP contribution in [0, 0.1) is 5.92 Å². The van der Waals surface area contributed by atoms with Crippen LogP contribution in [0.3, 0.4) is 0 Å². The topological polar surface area (TPSA) is 60.0 Å². The molecule has 0 spiro atoms. The number of nitrogens with one attached hydrogen (secondary N) is 1. The molecule has 0 amide bonds. The highest BCUT2D eigenvalue weighted by atomic mass is 35.5. The minimum absolute atomic E-state index is 0.0772. The highest BCUT2D eigenvalue weighted by Crippen LogP contribution is 2.36. The van der Waals surface area contributed by atoms with E-state index < -0.39 is 6.10 Å². The van der Waals surface area contributed by atoms with Crippen LogP contribution < -0.4 is 14.8 Å². The summed E-state index contributed by atoms with van der Waals surface area (Å²) in [5.74, 6) is 1.85. The molecule has 7 heteroatoms. The lowest BCUT2D eigenvalue weighted by Crippen LogP contribution is -2.46. The summed E-state index contributed by atoms with van der Waals surface area (Å²) < 4.78 is 16.9. The lowest BCUT2D eigenvalue weighted by Gasteiger charge is -2.38. The fourth-order valence-corrected chi connectivity index (χ4v) is 4.91. The molecule has 1 fully saturated rings. The van der Waals surface area contributed by atoms with E-state index in [1.807, 2.05) is 66.7 Å². The number of hydrogen-bond acceptors (Lipinski definition) is 5. The zero-order valence-electron chi connectivity index (χ0n) is 20.6. The number of ether oxygens (including phenoxy) is 3. The Balaban J connectivity index is 1.51. The van der Waals surface area contributed by atoms with Gasteiger partial charge in [-0.25, -0.2) is 0 Å². The van der Waals surface area contributed by atoms with Gasteiger partial charge in [-0.1, -0.05) is 60.0 Å². The highest BCUT2D eigenvalue weighted by Gasteiger charge is 2.32. The normalized spacial score (nSPS) is 16.1. The predicted molar refractivity (Wildman–Crippen MR) is 144 cm³/mol. The molecule has 192 valence electrons. The quantitative estimate of drug-likeness (QED) is 0.271. The van der Waals surface area contributed by atoms with Gasteiger partial charge in [0.25, 0.3) is 0 Å². The molecule has 1 aliphatic carbocycles. The summed E-state index contributed by atoms with van der Waals surface area (Å²) >= 11 is 12.4. The van der Waals surface area contributed by atoms with Crippen molar-refractivity contribution in [2.75, 3.05) is 20.8 Å². The van der Waals surface area contributed by atoms with Crippen molar-refractivity contribution in [3.05, 3.63) is 93.5 Å². The van der Waals surface area contributed by atoms with Crippen LogP contribution in [0.2, 0.25) is 10.0 Å². The second-order valence-electron chi connectivity index (χ2n) is 9.20. The van der Waals surface area contributed by atoms with Crippen molar-refractivity contribution in [3.63, 3.8) is 0 Å². The number of rotatable bonds is 12. The van der Waals surface area contributed by atoms with Crippen molar-refractivity contribution in [2.45, 2.75) is 44.1 Å². The molecule has 1 saturated carbocycles. The van der Waals surface area contributed by atoms with E-state index in [9.17, 15) is 5.11 Å². The van der Waals surface area contributed by atoms with Gasteiger partial charge in [-0.15, -0.1) is 0 Å². The lowest BCUT2D eigenvalue weighted by atomic mass is 9.79. The minimum atomic E-state index is -0.793. The van der Waals surface area contributed by atoms with E-state index in [0.717, 1.165) is 29.5 Å². The Morgan fingerprint density at radius 1 is 0.889 bits per heavy atom. The first-order valence-corrected chi connectivity index (χ1v) is 13.0. The van der Waals surface area contributed by atoms with Crippen LogP contribution in [-0.4, -0.2) is 32.0 Å². The Labute approximate surface area is 223 Å². The summed E-state index contributed by atoms with van der Waals surface area (Å²) in [5, 5.41) is 16.4. The zero-order valence-corrected chi connectivity index (χ0v) is 22.1. The van der Waals surface area contributed by atoms with Gasteiger partial charge in [0.05, 0.1) is 39.6 Å². The number of methoxy groups -OCH3 is 2. The third kappa shape index (κ3) is 6.72. The molecule has 2 N–H and O–H groups in total. The van der Waals surface area contributed by atoms with Gasteiger partial charge < -0.3 is 24.6 Å². The molecule has 1 aliphatic rings. The second-order valence-corrected chi connectivity index (χ2v) is 10.1. The maximum absolute atomic E-state index is 11.4. The van der Waals surface area contributed by atoms with E-state index >= 15 is 0 Å². The predicted octanol–water partition coefficient (Wildman–Crippen LogP) is 6.76. The average Bonchev–Trinajstić information content (AvgIpc) is 2.86. The van der Waals surface area contributed by atoms with Crippen molar-refractivity contribution in [1.29, 1.82) is 0 Å². The van der Waals surface area contributed by atoms with Crippen molar-refractivity contribution in [1.82, 2.24) is 5.32 Å². The van der Waals surface area contributed by atoms with E-state index in [0.29, 0.717) is 40.7 Å². The summed E-state index contributed by atoms with van der Waals surface area (Å²) in [6, 6.07) is 20.5. The maximum atomic E-state index is 11.4. The van der Waals surface area contributed by atoms with Crippen molar-refractivity contribution >= 4 is 23.2 Å². The molecule has 0 aromatic heterocycles. The Morgan fingerprint density at radius 2 is 1.64 bits per heavy atom. The van der Waals surface area contributed by atoms with E-state index in [-0.39, 0.29) is 12.1 Å². The second kappa shape index (κ2) is 12.8. The fraction of sp³-hybridized carbons (Fsp3) is 0.379. The maximum Gasteiger partial charge on any atom is 0.161 e. The van der Waals surface area contributed by atoms with Crippen LogP contribution in [0.15, 0.2) is 66.7 Å². The van der Waals surface area contributed by atoms with Gasteiger partial charge in [0.1, 0.15) is 0 Å². The third-order valence-corrected chi connectivity index (χ3v) is 7.35. The number of aliphatic hydroxyl groups excluding tert-OH is 1. The molecular formula is C29H33Cl2NO4. The zero-order chi connectivity index (χ0) is 25.5. The number of aliphatic hydroxyl groups is 1. The molecule has 0 aliphatic heterocycles. The van der Waals surface area contributed by atoms with Gasteiger partial charge in [0, 0.05) is 16.1 Å². The van der Waals surface area contributed by atoms with Gasteiger partial charge in [-0.2, -0.15) is 0 Å². The Morgan fingerprint density at radius 3 is 2.28 bits per heavy atom. The first-order chi connectivity index (χ1) is 17.5. The molecule has 0 radical (unpaired) electrons. The number of benzene rings is 3. The lowest BCUT2D eigenvalue weighted by molar-refractivity contribution is 0.0426. The molecular weight excluding hydrogens is 497 g/mol. The van der Waals surface area contributed by atoms with Gasteiger partial charge in [0.15, 0.2) is 11.5 Å². The number of halogens is 2. The minimum Gasteiger partial charge on any atom is -0.493 e. The van der Waals surface area contributed by atoms with Crippen LogP contribution >= 0.6 is 23.2 Å². The monoisotopic (exact) mass is 529 g/mol.